The normalized spacial score (nSPS) is 13.1. The van der Waals surface area contributed by atoms with Gasteiger partial charge in [0.1, 0.15) is 12.6 Å². The van der Waals surface area contributed by atoms with Crippen molar-refractivity contribution in [3.63, 3.8) is 0 Å². The van der Waals surface area contributed by atoms with Crippen molar-refractivity contribution in [1.29, 1.82) is 0 Å². The standard InChI is InChI=1S/C25H33Cl2N3O4S/c1-6-18(4)28-25(32)23(7-2)29(15-19-10-8-9-11-21(19)26)24(31)16-30(35(5,33)34)20-13-12-17(3)22(27)14-20/h8-14,18,23H,6-7,15-16H2,1-5H3,(H,28,32)/t18-,23+/m0/s1. The molecular formula is C25H33Cl2N3O4S. The van der Waals surface area contributed by atoms with Gasteiger partial charge in [-0.2, -0.15) is 0 Å². The van der Waals surface area contributed by atoms with Gasteiger partial charge in [-0.3, -0.25) is 13.9 Å². The van der Waals surface area contributed by atoms with Crippen molar-refractivity contribution in [2.45, 2.75) is 59.2 Å². The highest BCUT2D eigenvalue weighted by atomic mass is 35.5. The third-order valence-electron chi connectivity index (χ3n) is 5.81. The lowest BCUT2D eigenvalue weighted by molar-refractivity contribution is -0.140. The molecule has 0 saturated heterocycles. The van der Waals surface area contributed by atoms with Gasteiger partial charge in [0.2, 0.25) is 21.8 Å². The van der Waals surface area contributed by atoms with Gasteiger partial charge in [-0.25, -0.2) is 8.42 Å². The fraction of sp³-hybridized carbons (Fsp3) is 0.440. The van der Waals surface area contributed by atoms with Crippen LogP contribution in [0.15, 0.2) is 42.5 Å². The van der Waals surface area contributed by atoms with Crippen LogP contribution in [0.3, 0.4) is 0 Å². The number of carbonyl (C=O) groups is 2. The predicted octanol–water partition coefficient (Wildman–Crippen LogP) is 4.79. The molecule has 0 spiro atoms. The second-order valence-corrected chi connectivity index (χ2v) is 11.3. The van der Waals surface area contributed by atoms with Gasteiger partial charge in [-0.15, -0.1) is 0 Å². The van der Waals surface area contributed by atoms with E-state index < -0.39 is 28.5 Å². The summed E-state index contributed by atoms with van der Waals surface area (Å²) in [5.74, 6) is -0.829. The van der Waals surface area contributed by atoms with Gasteiger partial charge in [0.15, 0.2) is 0 Å². The molecule has 1 N–H and O–H groups in total. The summed E-state index contributed by atoms with van der Waals surface area (Å²) in [5.41, 5.74) is 1.70. The van der Waals surface area contributed by atoms with E-state index in [9.17, 15) is 18.0 Å². The first kappa shape index (κ1) is 28.9. The molecule has 2 aromatic carbocycles. The monoisotopic (exact) mass is 541 g/mol. The molecule has 0 heterocycles. The van der Waals surface area contributed by atoms with E-state index in [-0.39, 0.29) is 24.2 Å². The van der Waals surface area contributed by atoms with Gasteiger partial charge in [0.05, 0.1) is 11.9 Å². The Kier molecular flexibility index (Phi) is 10.4. The zero-order chi connectivity index (χ0) is 26.3. The third kappa shape index (κ3) is 7.85. The first-order chi connectivity index (χ1) is 16.4. The Morgan fingerprint density at radius 3 is 2.23 bits per heavy atom. The topological polar surface area (TPSA) is 86.8 Å². The van der Waals surface area contributed by atoms with Gasteiger partial charge in [-0.1, -0.05) is 61.3 Å². The zero-order valence-electron chi connectivity index (χ0n) is 20.7. The lowest BCUT2D eigenvalue weighted by atomic mass is 10.1. The minimum atomic E-state index is -3.83. The number of sulfonamides is 1. The molecule has 0 aliphatic carbocycles. The third-order valence-corrected chi connectivity index (χ3v) is 7.72. The summed E-state index contributed by atoms with van der Waals surface area (Å²) in [6.07, 6.45) is 2.10. The van der Waals surface area contributed by atoms with Crippen LogP contribution in [0.5, 0.6) is 0 Å². The fourth-order valence-electron chi connectivity index (χ4n) is 3.52. The molecule has 0 radical (unpaired) electrons. The summed E-state index contributed by atoms with van der Waals surface area (Å²) in [4.78, 5) is 28.2. The summed E-state index contributed by atoms with van der Waals surface area (Å²) in [6.45, 7) is 7.01. The molecule has 0 saturated carbocycles. The van der Waals surface area contributed by atoms with Gasteiger partial charge in [-0.05, 0) is 56.0 Å². The second kappa shape index (κ2) is 12.6. The van der Waals surface area contributed by atoms with Crippen molar-refractivity contribution in [1.82, 2.24) is 10.2 Å². The first-order valence-electron chi connectivity index (χ1n) is 11.5. The summed E-state index contributed by atoms with van der Waals surface area (Å²) in [5, 5.41) is 3.77. The SMILES string of the molecule is CC[C@H](C(=O)N[C@@H](C)CC)N(Cc1ccccc1Cl)C(=O)CN(c1ccc(C)c(Cl)c1)S(C)(=O)=O. The number of hydrogen-bond donors (Lipinski definition) is 1. The Morgan fingerprint density at radius 2 is 1.69 bits per heavy atom. The number of benzene rings is 2. The molecule has 0 bridgehead atoms. The molecule has 2 atom stereocenters. The number of nitrogens with zero attached hydrogens (tertiary/aromatic N) is 2. The van der Waals surface area contributed by atoms with E-state index in [0.29, 0.717) is 22.0 Å². The van der Waals surface area contributed by atoms with E-state index in [1.54, 1.807) is 43.3 Å². The Morgan fingerprint density at radius 1 is 1.03 bits per heavy atom. The van der Waals surface area contributed by atoms with Crippen LogP contribution in [-0.2, 0) is 26.2 Å². The maximum Gasteiger partial charge on any atom is 0.244 e. The highest BCUT2D eigenvalue weighted by Crippen LogP contribution is 2.26. The Bertz CT molecular complexity index is 1160. The number of halogens is 2. The van der Waals surface area contributed by atoms with Gasteiger partial charge in [0.25, 0.3) is 0 Å². The Balaban J connectivity index is 2.47. The van der Waals surface area contributed by atoms with Gasteiger partial charge in [0, 0.05) is 22.6 Å². The fourth-order valence-corrected chi connectivity index (χ4v) is 4.73. The average molecular weight is 543 g/mol. The Labute approximate surface area is 218 Å². The maximum absolute atomic E-state index is 13.7. The molecule has 0 aliphatic heterocycles. The smallest absolute Gasteiger partial charge is 0.244 e. The summed E-state index contributed by atoms with van der Waals surface area (Å²) in [7, 11) is -3.83. The van der Waals surface area contributed by atoms with Crippen LogP contribution in [0.1, 0.15) is 44.7 Å². The van der Waals surface area contributed by atoms with Gasteiger partial charge < -0.3 is 10.2 Å². The number of nitrogens with one attached hydrogen (secondary N) is 1. The molecule has 0 aliphatic rings. The van der Waals surface area contributed by atoms with Crippen molar-refractivity contribution in [3.8, 4) is 0 Å². The van der Waals surface area contributed by atoms with Crippen LogP contribution < -0.4 is 9.62 Å². The van der Waals surface area contributed by atoms with E-state index >= 15 is 0 Å². The highest BCUT2D eigenvalue weighted by Gasteiger charge is 2.32. The molecule has 0 aromatic heterocycles. The quantitative estimate of drug-likeness (QED) is 0.443. The van der Waals surface area contributed by atoms with E-state index in [4.69, 9.17) is 23.2 Å². The number of aryl methyl sites for hydroxylation is 1. The number of carbonyl (C=O) groups excluding carboxylic acids is 2. The predicted molar refractivity (Wildman–Crippen MR) is 142 cm³/mol. The van der Waals surface area contributed by atoms with Crippen LogP contribution in [0.4, 0.5) is 5.69 Å². The lowest BCUT2D eigenvalue weighted by Crippen LogP contribution is -2.53. The molecule has 0 fully saturated rings. The van der Waals surface area contributed by atoms with Crippen LogP contribution in [0, 0.1) is 6.92 Å². The Hall–Kier alpha value is -2.29. The minimum absolute atomic E-state index is 0.0528. The molecule has 2 aromatic rings. The zero-order valence-corrected chi connectivity index (χ0v) is 23.0. The highest BCUT2D eigenvalue weighted by molar-refractivity contribution is 7.92. The van der Waals surface area contributed by atoms with Gasteiger partial charge >= 0.3 is 0 Å². The lowest BCUT2D eigenvalue weighted by Gasteiger charge is -2.33. The maximum atomic E-state index is 13.7. The van der Waals surface area contributed by atoms with Crippen molar-refractivity contribution in [2.24, 2.45) is 0 Å². The molecule has 2 amide bonds. The molecule has 192 valence electrons. The minimum Gasteiger partial charge on any atom is -0.352 e. The largest absolute Gasteiger partial charge is 0.352 e. The molecule has 0 unspecified atom stereocenters. The first-order valence-corrected chi connectivity index (χ1v) is 14.1. The van der Waals surface area contributed by atoms with Crippen molar-refractivity contribution >= 4 is 50.7 Å². The number of amides is 2. The molecule has 10 heteroatoms. The molecule has 2 rings (SSSR count). The average Bonchev–Trinajstić information content (AvgIpc) is 2.79. The summed E-state index contributed by atoms with van der Waals surface area (Å²) >= 11 is 12.6. The van der Waals surface area contributed by atoms with Crippen molar-refractivity contribution in [2.75, 3.05) is 17.1 Å². The van der Waals surface area contributed by atoms with E-state index in [2.05, 4.69) is 5.32 Å². The van der Waals surface area contributed by atoms with Crippen LogP contribution in [-0.4, -0.2) is 50.0 Å². The van der Waals surface area contributed by atoms with Crippen LogP contribution in [0.2, 0.25) is 10.0 Å². The molecule has 35 heavy (non-hydrogen) atoms. The van der Waals surface area contributed by atoms with E-state index in [0.717, 1.165) is 22.5 Å². The number of hydrogen-bond acceptors (Lipinski definition) is 4. The van der Waals surface area contributed by atoms with E-state index in [1.165, 1.54) is 11.0 Å². The summed E-state index contributed by atoms with van der Waals surface area (Å²) in [6, 6.07) is 11.0. The summed E-state index contributed by atoms with van der Waals surface area (Å²) < 4.78 is 26.3. The van der Waals surface area contributed by atoms with Crippen LogP contribution in [0.25, 0.3) is 0 Å². The van der Waals surface area contributed by atoms with E-state index in [1.807, 2.05) is 20.8 Å². The number of anilines is 1. The van der Waals surface area contributed by atoms with Crippen LogP contribution >= 0.6 is 23.2 Å². The van der Waals surface area contributed by atoms with Crippen molar-refractivity contribution < 1.29 is 18.0 Å². The molecular weight excluding hydrogens is 509 g/mol. The molecule has 7 nitrogen and oxygen atoms in total. The van der Waals surface area contributed by atoms with Crippen molar-refractivity contribution in [3.05, 3.63) is 63.6 Å². The number of rotatable bonds is 11. The second-order valence-electron chi connectivity index (χ2n) is 8.56.